The number of rotatable bonds is 3. The van der Waals surface area contributed by atoms with Crippen molar-refractivity contribution >= 4 is 10.0 Å². The van der Waals surface area contributed by atoms with Crippen molar-refractivity contribution in [2.75, 3.05) is 20.2 Å². The zero-order valence-electron chi connectivity index (χ0n) is 14.1. The molecule has 1 heterocycles. The highest BCUT2D eigenvalue weighted by atomic mass is 32.2. The van der Waals surface area contributed by atoms with Crippen LogP contribution in [0.15, 0.2) is 17.0 Å². The molecule has 0 radical (unpaired) electrons. The molecule has 3 atom stereocenters. The number of benzene rings is 1. The second-order valence-corrected chi connectivity index (χ2v) is 8.86. The van der Waals surface area contributed by atoms with Gasteiger partial charge in [0.15, 0.2) is 0 Å². The van der Waals surface area contributed by atoms with Crippen LogP contribution >= 0.6 is 0 Å². The van der Waals surface area contributed by atoms with E-state index in [-0.39, 0.29) is 16.9 Å². The topological polar surface area (TPSA) is 72.6 Å². The molecule has 2 N–H and O–H groups in total. The fraction of sp³-hybridized carbons (Fsp3) is 0.647. The van der Waals surface area contributed by atoms with Crippen LogP contribution < -0.4 is 10.5 Å². The Kier molecular flexibility index (Phi) is 4.42. The number of aryl methyl sites for hydroxylation is 2. The minimum absolute atomic E-state index is 0.120. The van der Waals surface area contributed by atoms with Crippen LogP contribution in [-0.4, -0.2) is 39.0 Å². The molecule has 1 aliphatic heterocycles. The molecule has 3 rings (SSSR count). The maximum atomic E-state index is 13.2. The van der Waals surface area contributed by atoms with Crippen LogP contribution in [0.2, 0.25) is 0 Å². The predicted molar refractivity (Wildman–Crippen MR) is 90.0 cm³/mol. The Morgan fingerprint density at radius 3 is 2.61 bits per heavy atom. The summed E-state index contributed by atoms with van der Waals surface area (Å²) in [6, 6.07) is 3.77. The molecular weight excluding hydrogens is 312 g/mol. The minimum atomic E-state index is -3.56. The number of nitrogens with zero attached hydrogens (tertiary/aromatic N) is 1. The van der Waals surface area contributed by atoms with Crippen molar-refractivity contribution < 1.29 is 13.2 Å². The Morgan fingerprint density at radius 2 is 1.96 bits per heavy atom. The minimum Gasteiger partial charge on any atom is -0.495 e. The van der Waals surface area contributed by atoms with Crippen molar-refractivity contribution in [3.05, 3.63) is 23.3 Å². The lowest BCUT2D eigenvalue weighted by Gasteiger charge is -2.29. The Bertz CT molecular complexity index is 702. The van der Waals surface area contributed by atoms with Gasteiger partial charge in [0, 0.05) is 19.1 Å². The third-order valence-electron chi connectivity index (χ3n) is 5.33. The summed E-state index contributed by atoms with van der Waals surface area (Å²) >= 11 is 0. The molecule has 1 aliphatic carbocycles. The van der Waals surface area contributed by atoms with Crippen LogP contribution in [0, 0.1) is 25.7 Å². The molecule has 6 heteroatoms. The molecule has 1 saturated carbocycles. The van der Waals surface area contributed by atoms with Crippen LogP contribution in [0.25, 0.3) is 0 Å². The summed E-state index contributed by atoms with van der Waals surface area (Å²) in [5.41, 5.74) is 7.99. The lowest BCUT2D eigenvalue weighted by Crippen LogP contribution is -2.38. The number of nitrogens with two attached hydrogens (primary N) is 1. The molecule has 2 aliphatic rings. The van der Waals surface area contributed by atoms with Crippen LogP contribution in [0.4, 0.5) is 0 Å². The molecule has 3 unspecified atom stereocenters. The van der Waals surface area contributed by atoms with Crippen molar-refractivity contribution in [3.8, 4) is 5.75 Å². The van der Waals surface area contributed by atoms with E-state index in [4.69, 9.17) is 10.5 Å². The summed E-state index contributed by atoms with van der Waals surface area (Å²) in [6.45, 7) is 4.90. The van der Waals surface area contributed by atoms with Gasteiger partial charge in [-0.3, -0.25) is 0 Å². The van der Waals surface area contributed by atoms with Gasteiger partial charge in [0.05, 0.1) is 7.11 Å². The van der Waals surface area contributed by atoms with E-state index in [1.165, 1.54) is 7.11 Å². The summed E-state index contributed by atoms with van der Waals surface area (Å²) in [5, 5.41) is 0. The first-order valence-electron chi connectivity index (χ1n) is 8.25. The summed E-state index contributed by atoms with van der Waals surface area (Å²) in [7, 11) is -2.03. The van der Waals surface area contributed by atoms with Gasteiger partial charge < -0.3 is 10.5 Å². The molecule has 0 spiro atoms. The first kappa shape index (κ1) is 16.7. The van der Waals surface area contributed by atoms with Gasteiger partial charge >= 0.3 is 0 Å². The zero-order chi connectivity index (χ0) is 16.8. The van der Waals surface area contributed by atoms with Crippen molar-refractivity contribution in [2.24, 2.45) is 17.6 Å². The van der Waals surface area contributed by atoms with E-state index in [1.54, 1.807) is 10.4 Å². The molecular formula is C17H26N2O3S. The molecule has 5 nitrogen and oxygen atoms in total. The normalized spacial score (nSPS) is 28.6. The second-order valence-electron chi connectivity index (χ2n) is 6.95. The van der Waals surface area contributed by atoms with E-state index in [1.807, 2.05) is 19.9 Å². The monoisotopic (exact) mass is 338 g/mol. The van der Waals surface area contributed by atoms with E-state index < -0.39 is 10.0 Å². The largest absolute Gasteiger partial charge is 0.495 e. The zero-order valence-corrected chi connectivity index (χ0v) is 14.9. The quantitative estimate of drug-likeness (QED) is 0.915. The maximum Gasteiger partial charge on any atom is 0.246 e. The lowest BCUT2D eigenvalue weighted by molar-refractivity contribution is 0.260. The highest BCUT2D eigenvalue weighted by Gasteiger charge is 2.44. The summed E-state index contributed by atoms with van der Waals surface area (Å²) < 4.78 is 33.3. The van der Waals surface area contributed by atoms with Crippen LogP contribution in [0.1, 0.15) is 30.4 Å². The average Bonchev–Trinajstić information content (AvgIpc) is 2.93. The molecule has 23 heavy (non-hydrogen) atoms. The molecule has 1 saturated heterocycles. The van der Waals surface area contributed by atoms with Gasteiger partial charge in [0.25, 0.3) is 0 Å². The molecule has 0 aromatic heterocycles. The fourth-order valence-corrected chi connectivity index (χ4v) is 6.03. The van der Waals surface area contributed by atoms with E-state index >= 15 is 0 Å². The molecule has 1 aromatic carbocycles. The Balaban J connectivity index is 1.97. The number of methoxy groups -OCH3 is 1. The van der Waals surface area contributed by atoms with Gasteiger partial charge in [-0.05, 0) is 55.7 Å². The van der Waals surface area contributed by atoms with E-state index in [0.717, 1.165) is 30.4 Å². The van der Waals surface area contributed by atoms with Gasteiger partial charge in [-0.15, -0.1) is 0 Å². The van der Waals surface area contributed by atoms with Crippen molar-refractivity contribution in [1.82, 2.24) is 4.31 Å². The summed E-state index contributed by atoms with van der Waals surface area (Å²) in [6.07, 6.45) is 3.18. The fourth-order valence-electron chi connectivity index (χ4n) is 4.18. The Hall–Kier alpha value is -1.11. The van der Waals surface area contributed by atoms with Gasteiger partial charge in [-0.25, -0.2) is 8.42 Å². The molecule has 2 fully saturated rings. The third kappa shape index (κ3) is 2.88. The Morgan fingerprint density at radius 1 is 1.22 bits per heavy atom. The summed E-state index contributed by atoms with van der Waals surface area (Å²) in [5.74, 6) is 1.13. The average molecular weight is 338 g/mol. The number of hydrogen-bond acceptors (Lipinski definition) is 4. The standard InChI is InChI=1S/C17H26N2O3S/c1-11-7-12(2)17(22-3)16(8-11)23(20,21)19-9-13-5-4-6-15(18)14(13)10-19/h7-8,13-15H,4-6,9-10,18H2,1-3H3. The number of fused-ring (bicyclic) bond motifs is 1. The second kappa shape index (κ2) is 6.07. The van der Waals surface area contributed by atoms with Crippen LogP contribution in [0.3, 0.4) is 0 Å². The van der Waals surface area contributed by atoms with Crippen molar-refractivity contribution in [3.63, 3.8) is 0 Å². The number of sulfonamides is 1. The van der Waals surface area contributed by atoms with Gasteiger partial charge in [-0.1, -0.05) is 12.5 Å². The SMILES string of the molecule is COc1c(C)cc(C)cc1S(=O)(=O)N1CC2CCCC(N)C2C1. The van der Waals surface area contributed by atoms with Crippen LogP contribution in [-0.2, 0) is 10.0 Å². The summed E-state index contributed by atoms with van der Waals surface area (Å²) in [4.78, 5) is 0.282. The maximum absolute atomic E-state index is 13.2. The highest BCUT2D eigenvalue weighted by Crippen LogP contribution is 2.39. The van der Waals surface area contributed by atoms with Crippen LogP contribution in [0.5, 0.6) is 5.75 Å². The van der Waals surface area contributed by atoms with E-state index in [9.17, 15) is 8.42 Å². The molecule has 1 aromatic rings. The number of hydrogen-bond donors (Lipinski definition) is 1. The Labute approximate surface area is 138 Å². The lowest BCUT2D eigenvalue weighted by atomic mass is 9.78. The van der Waals surface area contributed by atoms with Gasteiger partial charge in [-0.2, -0.15) is 4.31 Å². The van der Waals surface area contributed by atoms with E-state index in [2.05, 4.69) is 0 Å². The molecule has 0 amide bonds. The van der Waals surface area contributed by atoms with E-state index in [0.29, 0.717) is 24.8 Å². The first-order valence-corrected chi connectivity index (χ1v) is 9.69. The van der Waals surface area contributed by atoms with Crippen molar-refractivity contribution in [2.45, 2.75) is 44.0 Å². The smallest absolute Gasteiger partial charge is 0.246 e. The molecule has 0 bridgehead atoms. The third-order valence-corrected chi connectivity index (χ3v) is 7.16. The number of ether oxygens (including phenoxy) is 1. The molecule has 128 valence electrons. The van der Waals surface area contributed by atoms with Gasteiger partial charge in [0.2, 0.25) is 10.0 Å². The van der Waals surface area contributed by atoms with Gasteiger partial charge in [0.1, 0.15) is 10.6 Å². The highest BCUT2D eigenvalue weighted by molar-refractivity contribution is 7.89. The first-order chi connectivity index (χ1) is 10.8. The van der Waals surface area contributed by atoms with Crippen molar-refractivity contribution in [1.29, 1.82) is 0 Å². The predicted octanol–water partition coefficient (Wildman–Crippen LogP) is 2.06.